The average molecular weight is 285 g/mol. The third kappa shape index (κ3) is 3.08. The molecule has 3 unspecified atom stereocenters. The minimum absolute atomic E-state index is 0.00751. The summed E-state index contributed by atoms with van der Waals surface area (Å²) >= 11 is 0. The Morgan fingerprint density at radius 2 is 2.11 bits per heavy atom. The maximum Gasteiger partial charge on any atom is 0.175 e. The third-order valence-electron chi connectivity index (χ3n) is 3.41. The quantitative estimate of drug-likeness (QED) is 0.868. The van der Waals surface area contributed by atoms with Crippen LogP contribution in [0.15, 0.2) is 29.2 Å². The second-order valence-corrected chi connectivity index (χ2v) is 6.75. The highest BCUT2D eigenvalue weighted by Gasteiger charge is 2.42. The fraction of sp³-hybridized carbons (Fsp3) is 0.538. The second kappa shape index (κ2) is 5.48. The molecule has 0 amide bonds. The smallest absolute Gasteiger partial charge is 0.175 e. The molecule has 1 N–H and O–H groups in total. The van der Waals surface area contributed by atoms with Gasteiger partial charge in [-0.15, -0.1) is 0 Å². The molecule has 0 heterocycles. The SMILES string of the molecule is CNC1CC(Oc2cccc(S(C)(=O)=O)c2)C1OC. The minimum Gasteiger partial charge on any atom is -0.488 e. The van der Waals surface area contributed by atoms with Gasteiger partial charge in [0.1, 0.15) is 18.0 Å². The van der Waals surface area contributed by atoms with E-state index >= 15 is 0 Å². The molecular formula is C13H19NO4S. The zero-order chi connectivity index (χ0) is 14.0. The van der Waals surface area contributed by atoms with E-state index < -0.39 is 9.84 Å². The molecule has 0 aliphatic heterocycles. The van der Waals surface area contributed by atoms with Gasteiger partial charge in [0.15, 0.2) is 9.84 Å². The molecule has 0 spiro atoms. The van der Waals surface area contributed by atoms with E-state index in [0.29, 0.717) is 5.75 Å². The van der Waals surface area contributed by atoms with E-state index in [1.54, 1.807) is 31.4 Å². The molecule has 2 rings (SSSR count). The molecule has 106 valence electrons. The number of benzene rings is 1. The topological polar surface area (TPSA) is 64.6 Å². The van der Waals surface area contributed by atoms with E-state index in [9.17, 15) is 8.42 Å². The summed E-state index contributed by atoms with van der Waals surface area (Å²) in [5, 5.41) is 3.15. The molecule has 19 heavy (non-hydrogen) atoms. The van der Waals surface area contributed by atoms with Gasteiger partial charge in [-0.25, -0.2) is 8.42 Å². The summed E-state index contributed by atoms with van der Waals surface area (Å²) in [6.45, 7) is 0. The van der Waals surface area contributed by atoms with Crippen LogP contribution < -0.4 is 10.1 Å². The van der Waals surface area contributed by atoms with Crippen LogP contribution in [-0.4, -0.2) is 47.1 Å². The van der Waals surface area contributed by atoms with E-state index in [-0.39, 0.29) is 23.1 Å². The van der Waals surface area contributed by atoms with Crippen molar-refractivity contribution in [1.29, 1.82) is 0 Å². The number of sulfone groups is 1. The Morgan fingerprint density at radius 1 is 1.37 bits per heavy atom. The summed E-state index contributed by atoms with van der Waals surface area (Å²) in [6, 6.07) is 6.84. The fourth-order valence-corrected chi connectivity index (χ4v) is 2.90. The number of ether oxygens (including phenoxy) is 2. The molecule has 1 aromatic rings. The number of hydrogen-bond donors (Lipinski definition) is 1. The number of rotatable bonds is 5. The first kappa shape index (κ1) is 14.3. The van der Waals surface area contributed by atoms with Crippen LogP contribution in [0.3, 0.4) is 0 Å². The molecule has 5 nitrogen and oxygen atoms in total. The summed E-state index contributed by atoms with van der Waals surface area (Å²) in [7, 11) is 0.328. The van der Waals surface area contributed by atoms with Gasteiger partial charge in [-0.05, 0) is 25.2 Å². The van der Waals surface area contributed by atoms with Crippen LogP contribution in [0.1, 0.15) is 6.42 Å². The zero-order valence-corrected chi connectivity index (χ0v) is 12.1. The monoisotopic (exact) mass is 285 g/mol. The molecule has 3 atom stereocenters. The molecule has 1 saturated carbocycles. The first-order chi connectivity index (χ1) is 8.95. The van der Waals surface area contributed by atoms with Crippen molar-refractivity contribution in [3.63, 3.8) is 0 Å². The van der Waals surface area contributed by atoms with Gasteiger partial charge in [0, 0.05) is 25.8 Å². The molecule has 0 saturated heterocycles. The lowest BCUT2D eigenvalue weighted by molar-refractivity contribution is -0.0870. The standard InChI is InChI=1S/C13H19NO4S/c1-14-11-8-12(13(11)17-2)18-9-5-4-6-10(7-9)19(3,15)16/h4-7,11-14H,8H2,1-3H3. The minimum atomic E-state index is -3.21. The van der Waals surface area contributed by atoms with E-state index in [1.165, 1.54) is 6.26 Å². The van der Waals surface area contributed by atoms with E-state index in [1.807, 2.05) is 7.05 Å². The maximum absolute atomic E-state index is 11.5. The first-order valence-electron chi connectivity index (χ1n) is 6.12. The summed E-state index contributed by atoms with van der Waals surface area (Å²) in [5.41, 5.74) is 0. The molecule has 1 aliphatic rings. The van der Waals surface area contributed by atoms with E-state index in [0.717, 1.165) is 6.42 Å². The lowest BCUT2D eigenvalue weighted by Gasteiger charge is -2.43. The van der Waals surface area contributed by atoms with Crippen molar-refractivity contribution in [1.82, 2.24) is 5.32 Å². The normalized spacial score (nSPS) is 26.8. The Kier molecular flexibility index (Phi) is 4.13. The van der Waals surface area contributed by atoms with Gasteiger partial charge >= 0.3 is 0 Å². The summed E-state index contributed by atoms with van der Waals surface area (Å²) in [6.07, 6.45) is 1.98. The van der Waals surface area contributed by atoms with Gasteiger partial charge in [0.2, 0.25) is 0 Å². The molecule has 1 fully saturated rings. The number of nitrogens with one attached hydrogen (secondary N) is 1. The van der Waals surface area contributed by atoms with Gasteiger partial charge in [-0.1, -0.05) is 6.07 Å². The molecule has 0 radical (unpaired) electrons. The number of likely N-dealkylation sites (N-methyl/N-ethyl adjacent to an activating group) is 1. The Bertz CT molecular complexity index is 543. The van der Waals surface area contributed by atoms with Crippen LogP contribution in [-0.2, 0) is 14.6 Å². The van der Waals surface area contributed by atoms with E-state index in [2.05, 4.69) is 5.32 Å². The van der Waals surface area contributed by atoms with Crippen LogP contribution in [0.2, 0.25) is 0 Å². The molecule has 0 aromatic heterocycles. The third-order valence-corrected chi connectivity index (χ3v) is 4.52. The predicted molar refractivity (Wildman–Crippen MR) is 72.2 cm³/mol. The predicted octanol–water partition coefficient (Wildman–Crippen LogP) is 0.844. The highest BCUT2D eigenvalue weighted by atomic mass is 32.2. The maximum atomic E-state index is 11.5. The van der Waals surface area contributed by atoms with Crippen LogP contribution in [0.25, 0.3) is 0 Å². The van der Waals surface area contributed by atoms with Gasteiger partial charge in [0.25, 0.3) is 0 Å². The number of hydrogen-bond acceptors (Lipinski definition) is 5. The molecular weight excluding hydrogens is 266 g/mol. The largest absolute Gasteiger partial charge is 0.488 e. The zero-order valence-electron chi connectivity index (χ0n) is 11.3. The second-order valence-electron chi connectivity index (χ2n) is 4.73. The summed E-state index contributed by atoms with van der Waals surface area (Å²) < 4.78 is 34.1. The van der Waals surface area contributed by atoms with Gasteiger partial charge in [-0.2, -0.15) is 0 Å². The summed E-state index contributed by atoms with van der Waals surface area (Å²) in [5.74, 6) is 0.560. The van der Waals surface area contributed by atoms with Crippen LogP contribution in [0.4, 0.5) is 0 Å². The van der Waals surface area contributed by atoms with Crippen molar-refractivity contribution in [3.8, 4) is 5.75 Å². The van der Waals surface area contributed by atoms with Crippen LogP contribution in [0, 0.1) is 0 Å². The van der Waals surface area contributed by atoms with Gasteiger partial charge < -0.3 is 14.8 Å². The van der Waals surface area contributed by atoms with Crippen molar-refractivity contribution < 1.29 is 17.9 Å². The van der Waals surface area contributed by atoms with Gasteiger partial charge in [0.05, 0.1) is 4.90 Å². The van der Waals surface area contributed by atoms with Crippen molar-refractivity contribution in [2.45, 2.75) is 29.6 Å². The Morgan fingerprint density at radius 3 is 2.68 bits per heavy atom. The molecule has 0 bridgehead atoms. The highest BCUT2D eigenvalue weighted by molar-refractivity contribution is 7.90. The van der Waals surface area contributed by atoms with E-state index in [4.69, 9.17) is 9.47 Å². The van der Waals surface area contributed by atoms with Crippen LogP contribution in [0.5, 0.6) is 5.75 Å². The summed E-state index contributed by atoms with van der Waals surface area (Å²) in [4.78, 5) is 0.267. The molecule has 1 aromatic carbocycles. The molecule has 1 aliphatic carbocycles. The molecule has 6 heteroatoms. The first-order valence-corrected chi connectivity index (χ1v) is 8.01. The van der Waals surface area contributed by atoms with Crippen molar-refractivity contribution in [2.24, 2.45) is 0 Å². The fourth-order valence-electron chi connectivity index (χ4n) is 2.25. The average Bonchev–Trinajstić information content (AvgIpc) is 2.34. The Labute approximate surface area is 113 Å². The number of methoxy groups -OCH3 is 1. The Hall–Kier alpha value is -1.11. The van der Waals surface area contributed by atoms with Crippen molar-refractivity contribution >= 4 is 9.84 Å². The lowest BCUT2D eigenvalue weighted by Crippen LogP contribution is -2.60. The van der Waals surface area contributed by atoms with Crippen molar-refractivity contribution in [3.05, 3.63) is 24.3 Å². The van der Waals surface area contributed by atoms with Crippen LogP contribution >= 0.6 is 0 Å². The lowest BCUT2D eigenvalue weighted by atomic mass is 9.85. The van der Waals surface area contributed by atoms with Crippen molar-refractivity contribution in [2.75, 3.05) is 20.4 Å². The van der Waals surface area contributed by atoms with Gasteiger partial charge in [-0.3, -0.25) is 0 Å². The Balaban J connectivity index is 2.09. The highest BCUT2D eigenvalue weighted by Crippen LogP contribution is 2.29.